The fourth-order valence-electron chi connectivity index (χ4n) is 4.63. The molecule has 0 bridgehead atoms. The van der Waals surface area contributed by atoms with Crippen LogP contribution < -0.4 is 10.9 Å². The molecule has 3 heteroatoms. The van der Waals surface area contributed by atoms with Crippen LogP contribution in [0.4, 0.5) is 0 Å². The summed E-state index contributed by atoms with van der Waals surface area (Å²) < 4.78 is 0. The van der Waals surface area contributed by atoms with E-state index in [0.29, 0.717) is 5.41 Å². The first-order chi connectivity index (χ1) is 12.3. The Morgan fingerprint density at radius 2 is 1.72 bits per heavy atom. The molecule has 1 atom stereocenters. The molecule has 1 aliphatic carbocycles. The molecule has 2 fully saturated rings. The standard InChI is InChI=1S/C22H22N2O/c25-21-13-18(17-3-1-2-4-20(17)24-21)15-5-7-16(8-6-15)19-14-22(19)9-11-23-12-10-22/h1-8,13,19,23H,9-12,14H2,(H,24,25). The zero-order chi connectivity index (χ0) is 16.9. The van der Waals surface area contributed by atoms with Gasteiger partial charge in [-0.3, -0.25) is 4.79 Å². The minimum absolute atomic E-state index is 0.0476. The first kappa shape index (κ1) is 14.9. The maximum absolute atomic E-state index is 12.0. The number of pyridine rings is 1. The Morgan fingerprint density at radius 3 is 2.52 bits per heavy atom. The highest BCUT2D eigenvalue weighted by Crippen LogP contribution is 2.64. The average Bonchev–Trinajstić information content (AvgIpc) is 3.34. The summed E-state index contributed by atoms with van der Waals surface area (Å²) in [6, 6.07) is 18.6. The van der Waals surface area contributed by atoms with E-state index in [4.69, 9.17) is 0 Å². The van der Waals surface area contributed by atoms with Crippen molar-refractivity contribution in [2.24, 2.45) is 5.41 Å². The Morgan fingerprint density at radius 1 is 0.960 bits per heavy atom. The Balaban J connectivity index is 1.50. The number of aromatic amines is 1. The third kappa shape index (κ3) is 2.50. The minimum atomic E-state index is -0.0476. The summed E-state index contributed by atoms with van der Waals surface area (Å²) in [5, 5.41) is 4.57. The summed E-state index contributed by atoms with van der Waals surface area (Å²) in [5.74, 6) is 0.722. The molecule has 2 heterocycles. The molecule has 5 rings (SSSR count). The zero-order valence-corrected chi connectivity index (χ0v) is 14.2. The number of aromatic nitrogens is 1. The molecule has 3 aromatic rings. The van der Waals surface area contributed by atoms with Crippen molar-refractivity contribution in [3.63, 3.8) is 0 Å². The Hall–Kier alpha value is -2.39. The highest BCUT2D eigenvalue weighted by molar-refractivity contribution is 5.94. The van der Waals surface area contributed by atoms with E-state index in [1.165, 1.54) is 24.8 Å². The van der Waals surface area contributed by atoms with Gasteiger partial charge < -0.3 is 10.3 Å². The lowest BCUT2D eigenvalue weighted by Crippen LogP contribution is -2.29. The van der Waals surface area contributed by atoms with Crippen LogP contribution in [0.25, 0.3) is 22.0 Å². The maximum atomic E-state index is 12.0. The number of piperidine rings is 1. The quantitative estimate of drug-likeness (QED) is 0.744. The summed E-state index contributed by atoms with van der Waals surface area (Å²) in [4.78, 5) is 14.9. The highest BCUT2D eigenvalue weighted by Gasteiger charge is 2.54. The van der Waals surface area contributed by atoms with Crippen molar-refractivity contribution in [1.29, 1.82) is 0 Å². The first-order valence-electron chi connectivity index (χ1n) is 9.18. The smallest absolute Gasteiger partial charge is 0.249 e. The van der Waals surface area contributed by atoms with Crippen LogP contribution >= 0.6 is 0 Å². The van der Waals surface area contributed by atoms with Crippen LogP contribution in [-0.2, 0) is 0 Å². The second-order valence-electron chi connectivity index (χ2n) is 7.58. The van der Waals surface area contributed by atoms with Crippen molar-refractivity contribution < 1.29 is 0 Å². The summed E-state index contributed by atoms with van der Waals surface area (Å²) in [6.45, 7) is 2.32. The SMILES string of the molecule is O=c1cc(-c2ccc(C3CC34CCNCC4)cc2)c2ccccc2[nH]1. The zero-order valence-electron chi connectivity index (χ0n) is 14.2. The number of rotatable bonds is 2. The van der Waals surface area contributed by atoms with Gasteiger partial charge in [0.05, 0.1) is 0 Å². The second-order valence-corrected chi connectivity index (χ2v) is 7.58. The molecule has 1 aliphatic heterocycles. The molecule has 1 spiro atoms. The average molecular weight is 330 g/mol. The van der Waals surface area contributed by atoms with Gasteiger partial charge in [-0.15, -0.1) is 0 Å². The van der Waals surface area contributed by atoms with Gasteiger partial charge in [-0.25, -0.2) is 0 Å². The summed E-state index contributed by atoms with van der Waals surface area (Å²) in [7, 11) is 0. The van der Waals surface area contributed by atoms with Gasteiger partial charge in [0.2, 0.25) is 5.56 Å². The fraction of sp³-hybridized carbons (Fsp3) is 0.318. The molecule has 2 aromatic carbocycles. The third-order valence-electron chi connectivity index (χ3n) is 6.16. The van der Waals surface area contributed by atoms with Crippen molar-refractivity contribution in [1.82, 2.24) is 10.3 Å². The van der Waals surface area contributed by atoms with Gasteiger partial charge in [-0.2, -0.15) is 0 Å². The topological polar surface area (TPSA) is 44.9 Å². The van der Waals surface area contributed by atoms with Crippen LogP contribution in [0.15, 0.2) is 59.4 Å². The lowest BCUT2D eigenvalue weighted by atomic mass is 9.89. The van der Waals surface area contributed by atoms with Crippen molar-refractivity contribution >= 4 is 10.9 Å². The van der Waals surface area contributed by atoms with E-state index in [9.17, 15) is 4.79 Å². The molecular weight excluding hydrogens is 308 g/mol. The van der Waals surface area contributed by atoms with Crippen molar-refractivity contribution in [2.75, 3.05) is 13.1 Å². The van der Waals surface area contributed by atoms with Gasteiger partial charge in [-0.05, 0) is 66.4 Å². The number of hydrogen-bond acceptors (Lipinski definition) is 2. The molecule has 2 N–H and O–H groups in total. The largest absolute Gasteiger partial charge is 0.322 e. The summed E-state index contributed by atoms with van der Waals surface area (Å²) in [5.41, 5.74) is 4.99. The van der Waals surface area contributed by atoms with Crippen LogP contribution in [0, 0.1) is 5.41 Å². The molecular formula is C22H22N2O. The van der Waals surface area contributed by atoms with Crippen molar-refractivity contribution in [3.8, 4) is 11.1 Å². The highest BCUT2D eigenvalue weighted by atomic mass is 16.1. The third-order valence-corrected chi connectivity index (χ3v) is 6.16. The van der Waals surface area contributed by atoms with Crippen molar-refractivity contribution in [3.05, 3.63) is 70.5 Å². The molecule has 1 saturated heterocycles. The second kappa shape index (κ2) is 5.57. The number of hydrogen-bond donors (Lipinski definition) is 2. The van der Waals surface area contributed by atoms with Crippen LogP contribution in [-0.4, -0.2) is 18.1 Å². The van der Waals surface area contributed by atoms with Gasteiger partial charge >= 0.3 is 0 Å². The number of nitrogens with one attached hydrogen (secondary N) is 2. The summed E-state index contributed by atoms with van der Waals surface area (Å²) >= 11 is 0. The Bertz CT molecular complexity index is 981. The van der Waals surface area contributed by atoms with Crippen molar-refractivity contribution in [2.45, 2.75) is 25.2 Å². The fourth-order valence-corrected chi connectivity index (χ4v) is 4.63. The predicted molar refractivity (Wildman–Crippen MR) is 102 cm³/mol. The molecule has 1 aromatic heterocycles. The van der Waals surface area contributed by atoms with Crippen LogP contribution in [0.1, 0.15) is 30.7 Å². The van der Waals surface area contributed by atoms with E-state index >= 15 is 0 Å². The van der Waals surface area contributed by atoms with Gasteiger partial charge in [0.15, 0.2) is 0 Å². The lowest BCUT2D eigenvalue weighted by molar-refractivity contribution is 0.342. The minimum Gasteiger partial charge on any atom is -0.322 e. The van der Waals surface area contributed by atoms with Gasteiger partial charge in [-0.1, -0.05) is 42.5 Å². The summed E-state index contributed by atoms with van der Waals surface area (Å²) in [6.07, 6.45) is 3.94. The molecule has 2 aliphatic rings. The van der Waals surface area contributed by atoms with Crippen LogP contribution in [0.3, 0.4) is 0 Å². The maximum Gasteiger partial charge on any atom is 0.249 e. The molecule has 126 valence electrons. The van der Waals surface area contributed by atoms with E-state index in [1.54, 1.807) is 6.07 Å². The Labute approximate surface area is 147 Å². The van der Waals surface area contributed by atoms with Gasteiger partial charge in [0.1, 0.15) is 0 Å². The molecule has 0 radical (unpaired) electrons. The molecule has 0 amide bonds. The molecule has 25 heavy (non-hydrogen) atoms. The Kier molecular flexibility index (Phi) is 3.32. The van der Waals surface area contributed by atoms with Crippen LogP contribution in [0.2, 0.25) is 0 Å². The van der Waals surface area contributed by atoms with E-state index in [-0.39, 0.29) is 5.56 Å². The number of para-hydroxylation sites is 1. The number of benzene rings is 2. The monoisotopic (exact) mass is 330 g/mol. The molecule has 3 nitrogen and oxygen atoms in total. The number of fused-ring (bicyclic) bond motifs is 1. The first-order valence-corrected chi connectivity index (χ1v) is 9.18. The van der Waals surface area contributed by atoms with E-state index in [2.05, 4.69) is 40.6 Å². The van der Waals surface area contributed by atoms with E-state index in [1.807, 2.05) is 18.2 Å². The normalized spacial score (nSPS) is 21.5. The molecule has 1 unspecified atom stereocenters. The van der Waals surface area contributed by atoms with E-state index < -0.39 is 0 Å². The van der Waals surface area contributed by atoms with Gasteiger partial charge in [0, 0.05) is 17.0 Å². The van der Waals surface area contributed by atoms with Crippen LogP contribution in [0.5, 0.6) is 0 Å². The predicted octanol–water partition coefficient (Wildman–Crippen LogP) is 4.05. The van der Waals surface area contributed by atoms with E-state index in [0.717, 1.165) is 41.0 Å². The van der Waals surface area contributed by atoms with Gasteiger partial charge in [0.25, 0.3) is 0 Å². The number of H-pyrrole nitrogens is 1. The molecule has 1 saturated carbocycles. The lowest BCUT2D eigenvalue weighted by Gasteiger charge is -2.23.